The van der Waals surface area contributed by atoms with Gasteiger partial charge in [-0.05, 0) is 37.0 Å². The van der Waals surface area contributed by atoms with Crippen LogP contribution in [0.5, 0.6) is 0 Å². The Hall–Kier alpha value is -1.24. The molecule has 0 saturated heterocycles. The van der Waals surface area contributed by atoms with Crippen molar-refractivity contribution in [1.29, 1.82) is 0 Å². The van der Waals surface area contributed by atoms with Crippen molar-refractivity contribution in [2.75, 3.05) is 11.9 Å². The minimum Gasteiger partial charge on any atom is -0.382 e. The molecule has 2 saturated carbocycles. The fourth-order valence-corrected chi connectivity index (χ4v) is 2.94. The van der Waals surface area contributed by atoms with E-state index in [0.717, 1.165) is 18.8 Å². The van der Waals surface area contributed by atoms with Gasteiger partial charge in [0.15, 0.2) is 0 Å². The highest BCUT2D eigenvalue weighted by molar-refractivity contribution is 6.32. The van der Waals surface area contributed by atoms with Crippen LogP contribution < -0.4 is 10.9 Å². The molecule has 3 rings (SSSR count). The summed E-state index contributed by atoms with van der Waals surface area (Å²) in [6.45, 7) is -0.736. The molecule has 1 heterocycles. The number of rotatable bonds is 5. The van der Waals surface area contributed by atoms with Crippen molar-refractivity contribution < 1.29 is 13.2 Å². The third-order valence-corrected chi connectivity index (χ3v) is 4.65. The normalized spacial score (nSPS) is 20.4. The number of aromatic nitrogens is 2. The highest BCUT2D eigenvalue weighted by atomic mass is 35.5. The van der Waals surface area contributed by atoms with Crippen LogP contribution in [-0.2, 0) is 6.54 Å². The lowest BCUT2D eigenvalue weighted by Gasteiger charge is -2.17. The molecule has 2 fully saturated rings. The van der Waals surface area contributed by atoms with Gasteiger partial charge in [0.25, 0.3) is 5.56 Å². The number of nitrogens with one attached hydrogen (secondary N) is 1. The molecule has 8 heteroatoms. The average Bonchev–Trinajstić information content (AvgIpc) is 3.24. The number of hydrogen-bond donors (Lipinski definition) is 1. The van der Waals surface area contributed by atoms with Crippen LogP contribution >= 0.6 is 11.6 Å². The summed E-state index contributed by atoms with van der Waals surface area (Å²) in [5.41, 5.74) is -0.313. The molecular formula is C13H15ClF3N3O. The molecular weight excluding hydrogens is 307 g/mol. The van der Waals surface area contributed by atoms with E-state index in [0.29, 0.717) is 22.3 Å². The van der Waals surface area contributed by atoms with Crippen molar-refractivity contribution in [3.8, 4) is 0 Å². The Bertz CT molecular complexity index is 606. The van der Waals surface area contributed by atoms with Crippen molar-refractivity contribution in [2.45, 2.75) is 38.4 Å². The number of hydrogen-bond acceptors (Lipinski definition) is 3. The molecule has 2 aliphatic carbocycles. The Morgan fingerprint density at radius 3 is 2.62 bits per heavy atom. The van der Waals surface area contributed by atoms with Gasteiger partial charge in [0.1, 0.15) is 11.6 Å². The lowest BCUT2D eigenvalue weighted by atomic mass is 10.0. The summed E-state index contributed by atoms with van der Waals surface area (Å²) in [7, 11) is 0. The van der Waals surface area contributed by atoms with E-state index in [4.69, 9.17) is 11.6 Å². The Kier molecular flexibility index (Phi) is 3.43. The van der Waals surface area contributed by atoms with Gasteiger partial charge in [0.2, 0.25) is 0 Å². The largest absolute Gasteiger partial charge is 0.408 e. The summed E-state index contributed by atoms with van der Waals surface area (Å²) in [5, 5.41) is 6.39. The smallest absolute Gasteiger partial charge is 0.382 e. The predicted octanol–water partition coefficient (Wildman–Crippen LogP) is 3.06. The Balaban J connectivity index is 1.72. The molecule has 1 aromatic rings. The van der Waals surface area contributed by atoms with Gasteiger partial charge in [-0.2, -0.15) is 18.3 Å². The third-order valence-electron chi connectivity index (χ3n) is 4.28. The molecule has 0 bridgehead atoms. The van der Waals surface area contributed by atoms with Gasteiger partial charge in [0.05, 0.1) is 11.9 Å². The van der Waals surface area contributed by atoms with Crippen LogP contribution in [0.15, 0.2) is 11.0 Å². The zero-order chi connectivity index (χ0) is 15.3. The van der Waals surface area contributed by atoms with Crippen molar-refractivity contribution >= 4 is 17.3 Å². The second-order valence-electron chi connectivity index (χ2n) is 5.94. The van der Waals surface area contributed by atoms with Crippen LogP contribution in [-0.4, -0.2) is 22.5 Å². The first-order valence-electron chi connectivity index (χ1n) is 6.87. The maximum Gasteiger partial charge on any atom is 0.408 e. The van der Waals surface area contributed by atoms with Crippen LogP contribution in [0.3, 0.4) is 0 Å². The molecule has 4 nitrogen and oxygen atoms in total. The van der Waals surface area contributed by atoms with Crippen molar-refractivity contribution in [3.05, 3.63) is 21.6 Å². The standard InChI is InChI=1S/C13H15ClF3N3O/c14-10-9(18-6-12(3-4-12)8-1-2-8)5-19-20(11(10)21)7-13(15,16)17/h5,8,18H,1-4,6-7H2. The first-order valence-corrected chi connectivity index (χ1v) is 7.25. The molecule has 0 aromatic carbocycles. The molecule has 1 N–H and O–H groups in total. The molecule has 116 valence electrons. The van der Waals surface area contributed by atoms with E-state index in [1.165, 1.54) is 19.0 Å². The lowest BCUT2D eigenvalue weighted by Crippen LogP contribution is -2.31. The Morgan fingerprint density at radius 1 is 1.43 bits per heavy atom. The molecule has 0 aliphatic heterocycles. The van der Waals surface area contributed by atoms with E-state index in [9.17, 15) is 18.0 Å². The van der Waals surface area contributed by atoms with E-state index in [2.05, 4.69) is 10.4 Å². The molecule has 0 unspecified atom stereocenters. The highest BCUT2D eigenvalue weighted by Gasteiger charge is 2.53. The second kappa shape index (κ2) is 4.90. The van der Waals surface area contributed by atoms with Crippen molar-refractivity contribution in [1.82, 2.24) is 9.78 Å². The van der Waals surface area contributed by atoms with E-state index in [1.54, 1.807) is 0 Å². The SMILES string of the molecule is O=c1c(Cl)c(NCC2(C3CC3)CC2)cnn1CC(F)(F)F. The zero-order valence-corrected chi connectivity index (χ0v) is 12.0. The molecule has 1 aromatic heterocycles. The van der Waals surface area contributed by atoms with Gasteiger partial charge in [-0.25, -0.2) is 4.68 Å². The number of halogens is 4. The Morgan fingerprint density at radius 2 is 2.10 bits per heavy atom. The molecule has 21 heavy (non-hydrogen) atoms. The highest BCUT2D eigenvalue weighted by Crippen LogP contribution is 2.61. The summed E-state index contributed by atoms with van der Waals surface area (Å²) in [5.74, 6) is 0.738. The number of alkyl halides is 3. The molecule has 0 amide bonds. The number of anilines is 1. The third kappa shape index (κ3) is 3.17. The summed E-state index contributed by atoms with van der Waals surface area (Å²) in [6.07, 6.45) is 1.47. The average molecular weight is 322 g/mol. The second-order valence-corrected chi connectivity index (χ2v) is 6.32. The van der Waals surface area contributed by atoms with E-state index in [1.807, 2.05) is 0 Å². The fourth-order valence-electron chi connectivity index (χ4n) is 2.73. The summed E-state index contributed by atoms with van der Waals surface area (Å²) >= 11 is 5.87. The molecule has 2 aliphatic rings. The first kappa shape index (κ1) is 14.7. The van der Waals surface area contributed by atoms with Gasteiger partial charge in [-0.3, -0.25) is 4.79 Å². The predicted molar refractivity (Wildman–Crippen MR) is 72.4 cm³/mol. The van der Waals surface area contributed by atoms with Crippen LogP contribution in [0, 0.1) is 11.3 Å². The maximum absolute atomic E-state index is 12.3. The van der Waals surface area contributed by atoms with Crippen LogP contribution in [0.2, 0.25) is 5.02 Å². The monoisotopic (exact) mass is 321 g/mol. The van der Waals surface area contributed by atoms with Gasteiger partial charge in [-0.15, -0.1) is 0 Å². The first-order chi connectivity index (χ1) is 9.81. The lowest BCUT2D eigenvalue weighted by molar-refractivity contribution is -0.143. The summed E-state index contributed by atoms with van der Waals surface area (Å²) in [6, 6.07) is 0. The van der Waals surface area contributed by atoms with E-state index in [-0.39, 0.29) is 5.02 Å². The fraction of sp³-hybridized carbons (Fsp3) is 0.692. The zero-order valence-electron chi connectivity index (χ0n) is 11.2. The van der Waals surface area contributed by atoms with Crippen LogP contribution in [0.4, 0.5) is 18.9 Å². The summed E-state index contributed by atoms with van der Waals surface area (Å²) < 4.78 is 37.2. The van der Waals surface area contributed by atoms with Crippen molar-refractivity contribution in [2.24, 2.45) is 11.3 Å². The summed E-state index contributed by atoms with van der Waals surface area (Å²) in [4.78, 5) is 11.8. The molecule has 0 radical (unpaired) electrons. The van der Waals surface area contributed by atoms with Gasteiger partial charge < -0.3 is 5.32 Å². The van der Waals surface area contributed by atoms with Crippen LogP contribution in [0.1, 0.15) is 25.7 Å². The topological polar surface area (TPSA) is 46.9 Å². The van der Waals surface area contributed by atoms with Gasteiger partial charge in [-0.1, -0.05) is 11.6 Å². The Labute approximate surface area is 124 Å². The van der Waals surface area contributed by atoms with E-state index >= 15 is 0 Å². The van der Waals surface area contributed by atoms with E-state index < -0.39 is 18.3 Å². The van der Waals surface area contributed by atoms with Crippen LogP contribution in [0.25, 0.3) is 0 Å². The molecule has 0 atom stereocenters. The number of nitrogens with zero attached hydrogens (tertiary/aromatic N) is 2. The minimum absolute atomic E-state index is 0.235. The van der Waals surface area contributed by atoms with Gasteiger partial charge >= 0.3 is 6.18 Å². The quantitative estimate of drug-likeness (QED) is 0.906. The molecule has 0 spiro atoms. The maximum atomic E-state index is 12.3. The van der Waals surface area contributed by atoms with Gasteiger partial charge in [0, 0.05) is 6.54 Å². The minimum atomic E-state index is -4.50. The van der Waals surface area contributed by atoms with Crippen molar-refractivity contribution in [3.63, 3.8) is 0 Å².